The first-order valence-electron chi connectivity index (χ1n) is 6.91. The zero-order chi connectivity index (χ0) is 16.6. The second kappa shape index (κ2) is 5.98. The molecule has 0 bridgehead atoms. The third kappa shape index (κ3) is 2.91. The lowest BCUT2D eigenvalue weighted by molar-refractivity contribution is 0.0949. The molecule has 118 valence electrons. The summed E-state index contributed by atoms with van der Waals surface area (Å²) in [5.41, 5.74) is 4.85. The minimum atomic E-state index is -0.470. The van der Waals surface area contributed by atoms with E-state index in [4.69, 9.17) is 17.4 Å². The van der Waals surface area contributed by atoms with Crippen molar-refractivity contribution in [1.82, 2.24) is 15.2 Å². The van der Waals surface area contributed by atoms with Crippen LogP contribution in [-0.4, -0.2) is 15.7 Å². The quantitative estimate of drug-likeness (QED) is 0.440. The fraction of sp³-hybridized carbons (Fsp3) is 0.125. The molecule has 0 aliphatic heterocycles. The smallest absolute Gasteiger partial charge is 0.286 e. The Morgan fingerprint density at radius 1 is 1.35 bits per heavy atom. The van der Waals surface area contributed by atoms with Gasteiger partial charge in [0.25, 0.3) is 5.91 Å². The minimum Gasteiger partial charge on any atom is -0.289 e. The number of carbonyl (C=O) groups is 1. The van der Waals surface area contributed by atoms with Crippen LogP contribution in [0.5, 0.6) is 0 Å². The van der Waals surface area contributed by atoms with E-state index in [1.54, 1.807) is 10.7 Å². The molecule has 1 heterocycles. The van der Waals surface area contributed by atoms with E-state index in [0.717, 1.165) is 11.1 Å². The highest BCUT2D eigenvalue weighted by atomic mass is 35.5. The Labute approximate surface area is 136 Å². The lowest BCUT2D eigenvalue weighted by Crippen LogP contribution is -2.30. The zero-order valence-corrected chi connectivity index (χ0v) is 13.1. The number of nitrogen functional groups attached to an aromatic ring is 1. The van der Waals surface area contributed by atoms with Crippen molar-refractivity contribution < 1.29 is 9.18 Å². The fourth-order valence-corrected chi connectivity index (χ4v) is 2.68. The van der Waals surface area contributed by atoms with Crippen LogP contribution in [0.25, 0.3) is 10.9 Å². The van der Waals surface area contributed by atoms with Crippen LogP contribution in [0.3, 0.4) is 0 Å². The second-order valence-electron chi connectivity index (χ2n) is 5.24. The van der Waals surface area contributed by atoms with Crippen molar-refractivity contribution in [2.75, 3.05) is 0 Å². The van der Waals surface area contributed by atoms with Gasteiger partial charge in [0.1, 0.15) is 5.82 Å². The number of hydrogen-bond donors (Lipinski definition) is 2. The number of carbonyl (C=O) groups excluding carboxylic acids is 1. The molecule has 0 aliphatic carbocycles. The third-order valence-corrected chi connectivity index (χ3v) is 3.94. The average Bonchev–Trinajstić information content (AvgIpc) is 2.87. The molecular formula is C16H14ClFN4O. The maximum atomic E-state index is 13.2. The van der Waals surface area contributed by atoms with Gasteiger partial charge in [-0.2, -0.15) is 5.10 Å². The summed E-state index contributed by atoms with van der Waals surface area (Å²) in [5, 5.41) is 5.33. The van der Waals surface area contributed by atoms with E-state index in [1.165, 1.54) is 12.1 Å². The molecule has 3 rings (SSSR count). The van der Waals surface area contributed by atoms with Crippen LogP contribution in [0.1, 0.15) is 21.6 Å². The molecule has 3 aromatic rings. The summed E-state index contributed by atoms with van der Waals surface area (Å²) in [6.07, 6.45) is 0. The van der Waals surface area contributed by atoms with Gasteiger partial charge in [0.15, 0.2) is 5.69 Å². The molecule has 0 radical (unpaired) electrons. The molecule has 0 fully saturated rings. The first-order chi connectivity index (χ1) is 11.0. The maximum Gasteiger partial charge on any atom is 0.286 e. The van der Waals surface area contributed by atoms with Crippen LogP contribution in [-0.2, 0) is 6.54 Å². The number of aryl methyl sites for hydroxylation is 1. The summed E-state index contributed by atoms with van der Waals surface area (Å²) in [5.74, 6) is 4.35. The lowest BCUT2D eigenvalue weighted by Gasteiger charge is -2.06. The van der Waals surface area contributed by atoms with Crippen LogP contribution in [0.4, 0.5) is 4.39 Å². The Morgan fingerprint density at radius 2 is 2.13 bits per heavy atom. The number of fused-ring (bicyclic) bond motifs is 1. The summed E-state index contributed by atoms with van der Waals surface area (Å²) in [6, 6.07) is 9.83. The summed E-state index contributed by atoms with van der Waals surface area (Å²) in [7, 11) is 0. The van der Waals surface area contributed by atoms with Gasteiger partial charge in [-0.25, -0.2) is 10.2 Å². The van der Waals surface area contributed by atoms with Crippen molar-refractivity contribution >= 4 is 28.4 Å². The van der Waals surface area contributed by atoms with Crippen LogP contribution in [0.15, 0.2) is 36.4 Å². The normalized spacial score (nSPS) is 11.0. The van der Waals surface area contributed by atoms with Crippen molar-refractivity contribution in [3.8, 4) is 0 Å². The summed E-state index contributed by atoms with van der Waals surface area (Å²) < 4.78 is 14.8. The number of nitrogens with one attached hydrogen (secondary N) is 1. The number of aromatic nitrogens is 2. The van der Waals surface area contributed by atoms with Gasteiger partial charge in [-0.05, 0) is 36.2 Å². The van der Waals surface area contributed by atoms with Gasteiger partial charge in [-0.15, -0.1) is 0 Å². The molecule has 1 amide bonds. The molecule has 2 aromatic carbocycles. The molecule has 1 aromatic heterocycles. The standard InChI is InChI=1S/C16H14ClFN4O/c1-9-2-5-12-14(6-9)22(21-15(12)16(23)20-19)8-10-3-4-11(18)7-13(10)17/h2-7H,8,19H2,1H3,(H,20,23). The molecule has 5 nitrogen and oxygen atoms in total. The lowest BCUT2D eigenvalue weighted by atomic mass is 10.1. The van der Waals surface area contributed by atoms with Gasteiger partial charge in [-0.3, -0.25) is 14.9 Å². The molecule has 0 saturated heterocycles. The number of benzene rings is 2. The van der Waals surface area contributed by atoms with E-state index in [9.17, 15) is 9.18 Å². The highest BCUT2D eigenvalue weighted by molar-refractivity contribution is 6.31. The van der Waals surface area contributed by atoms with Crippen LogP contribution in [0, 0.1) is 12.7 Å². The van der Waals surface area contributed by atoms with E-state index >= 15 is 0 Å². The van der Waals surface area contributed by atoms with Crippen molar-refractivity contribution in [1.29, 1.82) is 0 Å². The largest absolute Gasteiger partial charge is 0.289 e. The Balaban J connectivity index is 2.13. The Morgan fingerprint density at radius 3 is 2.83 bits per heavy atom. The van der Waals surface area contributed by atoms with E-state index in [1.807, 2.05) is 25.1 Å². The van der Waals surface area contributed by atoms with E-state index in [0.29, 0.717) is 22.5 Å². The Kier molecular flexibility index (Phi) is 4.02. The van der Waals surface area contributed by atoms with E-state index in [-0.39, 0.29) is 5.69 Å². The van der Waals surface area contributed by atoms with Gasteiger partial charge in [-0.1, -0.05) is 29.8 Å². The van der Waals surface area contributed by atoms with Gasteiger partial charge in [0.2, 0.25) is 0 Å². The second-order valence-corrected chi connectivity index (χ2v) is 5.64. The summed E-state index contributed by atoms with van der Waals surface area (Å²) in [4.78, 5) is 11.9. The van der Waals surface area contributed by atoms with Crippen molar-refractivity contribution in [3.63, 3.8) is 0 Å². The topological polar surface area (TPSA) is 72.9 Å². The molecule has 7 heteroatoms. The van der Waals surface area contributed by atoms with Gasteiger partial charge in [0.05, 0.1) is 12.1 Å². The maximum absolute atomic E-state index is 13.2. The average molecular weight is 333 g/mol. The predicted molar refractivity (Wildman–Crippen MR) is 86.6 cm³/mol. The number of hydrogen-bond acceptors (Lipinski definition) is 3. The SMILES string of the molecule is Cc1ccc2c(C(=O)NN)nn(Cc3ccc(F)cc3Cl)c2c1. The van der Waals surface area contributed by atoms with Crippen molar-refractivity contribution in [3.05, 3.63) is 64.1 Å². The highest BCUT2D eigenvalue weighted by Gasteiger charge is 2.17. The molecule has 0 atom stereocenters. The number of nitrogens with two attached hydrogens (primary N) is 1. The van der Waals surface area contributed by atoms with Crippen molar-refractivity contribution in [2.24, 2.45) is 5.84 Å². The molecule has 23 heavy (non-hydrogen) atoms. The van der Waals surface area contributed by atoms with Gasteiger partial charge >= 0.3 is 0 Å². The number of nitrogens with zero attached hydrogens (tertiary/aromatic N) is 2. The monoisotopic (exact) mass is 332 g/mol. The van der Waals surface area contributed by atoms with Crippen LogP contribution in [0.2, 0.25) is 5.02 Å². The summed E-state index contributed by atoms with van der Waals surface area (Å²) >= 11 is 6.08. The highest BCUT2D eigenvalue weighted by Crippen LogP contribution is 2.24. The number of amides is 1. The van der Waals surface area contributed by atoms with Crippen molar-refractivity contribution in [2.45, 2.75) is 13.5 Å². The summed E-state index contributed by atoms with van der Waals surface area (Å²) in [6.45, 7) is 2.27. The number of hydrazine groups is 1. The molecule has 0 saturated carbocycles. The first kappa shape index (κ1) is 15.5. The third-order valence-electron chi connectivity index (χ3n) is 3.59. The van der Waals surface area contributed by atoms with Gasteiger partial charge in [0, 0.05) is 10.4 Å². The molecule has 0 unspecified atom stereocenters. The number of halogens is 2. The van der Waals surface area contributed by atoms with Crippen LogP contribution < -0.4 is 11.3 Å². The first-order valence-corrected chi connectivity index (χ1v) is 7.29. The fourth-order valence-electron chi connectivity index (χ4n) is 2.45. The van der Waals surface area contributed by atoms with Gasteiger partial charge < -0.3 is 0 Å². The Hall–Kier alpha value is -2.44. The zero-order valence-electron chi connectivity index (χ0n) is 12.3. The molecule has 0 spiro atoms. The minimum absolute atomic E-state index is 0.237. The molecule has 3 N–H and O–H groups in total. The Bertz CT molecular complexity index is 906. The predicted octanol–water partition coefficient (Wildman–Crippen LogP) is 2.79. The molecular weight excluding hydrogens is 319 g/mol. The van der Waals surface area contributed by atoms with Crippen LogP contribution >= 0.6 is 11.6 Å². The number of rotatable bonds is 3. The van der Waals surface area contributed by atoms with E-state index < -0.39 is 11.7 Å². The van der Waals surface area contributed by atoms with E-state index in [2.05, 4.69) is 10.5 Å². The molecule has 0 aliphatic rings.